The van der Waals surface area contributed by atoms with Crippen molar-refractivity contribution in [2.45, 2.75) is 19.9 Å². The topological polar surface area (TPSA) is 45.8 Å². The van der Waals surface area contributed by atoms with Crippen LogP contribution < -0.4 is 5.56 Å². The zero-order valence-corrected chi connectivity index (χ0v) is 7.96. The lowest BCUT2D eigenvalue weighted by molar-refractivity contribution is 0.441. The fraction of sp³-hybridized carbons (Fsp3) is 0.400. The third kappa shape index (κ3) is 1.99. The van der Waals surface area contributed by atoms with E-state index in [0.717, 1.165) is 0 Å². The molecule has 4 heteroatoms. The van der Waals surface area contributed by atoms with Gasteiger partial charge in [-0.15, -0.1) is 0 Å². The molecule has 0 aromatic carbocycles. The first-order valence-corrected chi connectivity index (χ1v) is 4.37. The number of halogens is 1. The average Bonchev–Trinajstić information content (AvgIpc) is 2.18. The Morgan fingerprint density at radius 2 is 2.29 bits per heavy atom. The van der Waals surface area contributed by atoms with Crippen LogP contribution in [0.1, 0.15) is 17.7 Å². The van der Waals surface area contributed by atoms with Gasteiger partial charge >= 0.3 is 0 Å². The van der Waals surface area contributed by atoms with Gasteiger partial charge in [0, 0.05) is 18.3 Å². The molecule has 0 saturated carbocycles. The van der Waals surface area contributed by atoms with E-state index in [4.69, 9.17) is 5.26 Å². The number of aromatic nitrogens is 1. The van der Waals surface area contributed by atoms with Crippen molar-refractivity contribution in [1.82, 2.24) is 4.57 Å². The highest BCUT2D eigenvalue weighted by Gasteiger charge is 2.04. The summed E-state index contributed by atoms with van der Waals surface area (Å²) in [6, 6.07) is 4.81. The van der Waals surface area contributed by atoms with E-state index in [1.54, 1.807) is 6.92 Å². The maximum Gasteiger partial charge on any atom is 0.250 e. The largest absolute Gasteiger partial charge is 0.312 e. The van der Waals surface area contributed by atoms with Crippen molar-refractivity contribution in [2.24, 2.45) is 0 Å². The molecule has 1 aromatic heterocycles. The second-order valence-electron chi connectivity index (χ2n) is 2.98. The quantitative estimate of drug-likeness (QED) is 0.729. The summed E-state index contributed by atoms with van der Waals surface area (Å²) in [5.41, 5.74) is 0.881. The predicted molar refractivity (Wildman–Crippen MR) is 50.7 cm³/mol. The van der Waals surface area contributed by atoms with Gasteiger partial charge in [0.05, 0.1) is 12.2 Å². The van der Waals surface area contributed by atoms with E-state index in [1.807, 2.05) is 6.07 Å². The maximum atomic E-state index is 11.9. The van der Waals surface area contributed by atoms with Crippen molar-refractivity contribution in [1.29, 1.82) is 5.26 Å². The molecular formula is C10H11FN2O. The summed E-state index contributed by atoms with van der Waals surface area (Å²) >= 11 is 0. The van der Waals surface area contributed by atoms with E-state index in [0.29, 0.717) is 24.2 Å². The summed E-state index contributed by atoms with van der Waals surface area (Å²) in [5.74, 6) is 0. The Morgan fingerprint density at radius 3 is 2.86 bits per heavy atom. The van der Waals surface area contributed by atoms with Crippen molar-refractivity contribution >= 4 is 0 Å². The van der Waals surface area contributed by atoms with Crippen LogP contribution in [0.25, 0.3) is 0 Å². The van der Waals surface area contributed by atoms with Crippen LogP contribution in [0.4, 0.5) is 4.39 Å². The number of nitrogens with zero attached hydrogens (tertiary/aromatic N) is 2. The fourth-order valence-electron chi connectivity index (χ4n) is 1.29. The smallest absolute Gasteiger partial charge is 0.250 e. The minimum absolute atomic E-state index is 0.185. The van der Waals surface area contributed by atoms with Gasteiger partial charge in [0.1, 0.15) is 6.07 Å². The van der Waals surface area contributed by atoms with Crippen LogP contribution in [0.5, 0.6) is 0 Å². The van der Waals surface area contributed by atoms with Crippen molar-refractivity contribution in [3.05, 3.63) is 33.7 Å². The normalized spacial score (nSPS) is 9.79. The van der Waals surface area contributed by atoms with Crippen LogP contribution in [0.3, 0.4) is 0 Å². The minimum Gasteiger partial charge on any atom is -0.312 e. The molecule has 0 spiro atoms. The monoisotopic (exact) mass is 194 g/mol. The molecule has 0 bridgehead atoms. The van der Waals surface area contributed by atoms with Crippen LogP contribution in [0.2, 0.25) is 0 Å². The van der Waals surface area contributed by atoms with Gasteiger partial charge in [-0.1, -0.05) is 0 Å². The molecule has 0 N–H and O–H groups in total. The lowest BCUT2D eigenvalue weighted by Crippen LogP contribution is -2.22. The van der Waals surface area contributed by atoms with E-state index in [1.165, 1.54) is 16.7 Å². The predicted octanol–water partition coefficient (Wildman–Crippen LogP) is 1.39. The third-order valence-electron chi connectivity index (χ3n) is 2.09. The molecule has 1 rings (SSSR count). The van der Waals surface area contributed by atoms with Gasteiger partial charge < -0.3 is 4.57 Å². The Bertz CT molecular complexity index is 417. The Labute approximate surface area is 81.4 Å². The average molecular weight is 194 g/mol. The molecule has 0 aliphatic carbocycles. The maximum absolute atomic E-state index is 11.9. The lowest BCUT2D eigenvalue weighted by Gasteiger charge is -2.08. The van der Waals surface area contributed by atoms with Crippen molar-refractivity contribution in [2.75, 3.05) is 6.67 Å². The van der Waals surface area contributed by atoms with Crippen molar-refractivity contribution < 1.29 is 4.39 Å². The van der Waals surface area contributed by atoms with E-state index in [9.17, 15) is 9.18 Å². The van der Waals surface area contributed by atoms with E-state index in [2.05, 4.69) is 0 Å². The molecule has 0 fully saturated rings. The van der Waals surface area contributed by atoms with E-state index >= 15 is 0 Å². The first-order chi connectivity index (χ1) is 6.70. The molecule has 1 aromatic rings. The second kappa shape index (κ2) is 4.56. The number of hydrogen-bond acceptors (Lipinski definition) is 2. The van der Waals surface area contributed by atoms with E-state index in [-0.39, 0.29) is 5.56 Å². The van der Waals surface area contributed by atoms with Gasteiger partial charge in [-0.3, -0.25) is 9.18 Å². The van der Waals surface area contributed by atoms with Gasteiger partial charge in [0.25, 0.3) is 5.56 Å². The highest BCUT2D eigenvalue weighted by Crippen LogP contribution is 2.03. The first kappa shape index (κ1) is 10.5. The molecule has 74 valence electrons. The molecule has 0 atom stereocenters. The zero-order valence-electron chi connectivity index (χ0n) is 7.96. The van der Waals surface area contributed by atoms with Crippen molar-refractivity contribution in [3.8, 4) is 6.07 Å². The minimum atomic E-state index is -0.456. The standard InChI is InChI=1S/C10H11FN2O/c1-8-9(7-12)3-4-10(14)13(8)6-2-5-11/h3-4H,2,5-6H2,1H3. The molecule has 0 aliphatic rings. The van der Waals surface area contributed by atoms with Crippen LogP contribution >= 0.6 is 0 Å². The number of pyridine rings is 1. The molecule has 0 amide bonds. The van der Waals surface area contributed by atoms with Gasteiger partial charge in [-0.25, -0.2) is 0 Å². The summed E-state index contributed by atoms with van der Waals surface area (Å²) in [5, 5.41) is 8.72. The number of rotatable bonds is 3. The van der Waals surface area contributed by atoms with Crippen LogP contribution in [0.15, 0.2) is 16.9 Å². The molecule has 3 nitrogen and oxygen atoms in total. The van der Waals surface area contributed by atoms with E-state index < -0.39 is 6.67 Å². The molecule has 0 radical (unpaired) electrons. The Hall–Kier alpha value is -1.63. The molecule has 14 heavy (non-hydrogen) atoms. The Balaban J connectivity index is 3.14. The highest BCUT2D eigenvalue weighted by atomic mass is 19.1. The van der Waals surface area contributed by atoms with Crippen LogP contribution in [-0.2, 0) is 6.54 Å². The third-order valence-corrected chi connectivity index (χ3v) is 2.09. The Kier molecular flexibility index (Phi) is 3.41. The SMILES string of the molecule is Cc1c(C#N)ccc(=O)n1CCCF. The van der Waals surface area contributed by atoms with Crippen LogP contribution in [0, 0.1) is 18.3 Å². The van der Waals surface area contributed by atoms with Crippen LogP contribution in [-0.4, -0.2) is 11.2 Å². The first-order valence-electron chi connectivity index (χ1n) is 4.37. The molecule has 0 aliphatic heterocycles. The number of nitriles is 1. The van der Waals surface area contributed by atoms with Gasteiger partial charge in [-0.2, -0.15) is 5.26 Å². The molecular weight excluding hydrogens is 183 g/mol. The molecule has 1 heterocycles. The lowest BCUT2D eigenvalue weighted by atomic mass is 10.2. The summed E-state index contributed by atoms with van der Waals surface area (Å²) in [6.45, 7) is 1.57. The zero-order chi connectivity index (χ0) is 10.6. The highest BCUT2D eigenvalue weighted by molar-refractivity contribution is 5.32. The number of hydrogen-bond donors (Lipinski definition) is 0. The number of alkyl halides is 1. The van der Waals surface area contributed by atoms with Gasteiger partial charge in [-0.05, 0) is 19.4 Å². The summed E-state index contributed by atoms with van der Waals surface area (Å²) in [7, 11) is 0. The second-order valence-corrected chi connectivity index (χ2v) is 2.98. The molecule has 0 unspecified atom stereocenters. The van der Waals surface area contributed by atoms with Gasteiger partial charge in [0.15, 0.2) is 0 Å². The van der Waals surface area contributed by atoms with Crippen molar-refractivity contribution in [3.63, 3.8) is 0 Å². The van der Waals surface area contributed by atoms with Gasteiger partial charge in [0.2, 0.25) is 0 Å². The fourth-order valence-corrected chi connectivity index (χ4v) is 1.29. The summed E-state index contributed by atoms with van der Waals surface area (Å²) in [4.78, 5) is 11.3. The summed E-state index contributed by atoms with van der Waals surface area (Å²) in [6.07, 6.45) is 0.301. The Morgan fingerprint density at radius 1 is 1.57 bits per heavy atom. The summed E-state index contributed by atoms with van der Waals surface area (Å²) < 4.78 is 13.4. The molecule has 0 saturated heterocycles.